The van der Waals surface area contributed by atoms with E-state index in [9.17, 15) is 13.2 Å². The van der Waals surface area contributed by atoms with Gasteiger partial charge in [-0.05, 0) is 5.92 Å². The molecule has 1 fully saturated rings. The van der Waals surface area contributed by atoms with E-state index < -0.39 is 9.84 Å². The molecule has 0 spiro atoms. The third kappa shape index (κ3) is 3.26. The van der Waals surface area contributed by atoms with Crippen LogP contribution in [0.2, 0.25) is 0 Å². The first-order chi connectivity index (χ1) is 6.41. The molecule has 1 N–H and O–H groups in total. The van der Waals surface area contributed by atoms with Gasteiger partial charge in [-0.3, -0.25) is 4.79 Å². The van der Waals surface area contributed by atoms with Crippen molar-refractivity contribution < 1.29 is 13.2 Å². The van der Waals surface area contributed by atoms with Crippen molar-refractivity contribution in [1.82, 2.24) is 10.2 Å². The van der Waals surface area contributed by atoms with E-state index in [0.717, 1.165) is 13.1 Å². The lowest BCUT2D eigenvalue weighted by molar-refractivity contribution is -0.125. The zero-order valence-corrected chi connectivity index (χ0v) is 9.30. The molecule has 0 atom stereocenters. The number of amides is 1. The van der Waals surface area contributed by atoms with E-state index in [2.05, 4.69) is 5.32 Å². The highest BCUT2D eigenvalue weighted by Gasteiger charge is 2.26. The number of rotatable bonds is 4. The second-order valence-corrected chi connectivity index (χ2v) is 5.98. The van der Waals surface area contributed by atoms with Gasteiger partial charge in [0.05, 0.1) is 5.75 Å². The molecule has 82 valence electrons. The summed E-state index contributed by atoms with van der Waals surface area (Å²) in [4.78, 5) is 12.5. The minimum Gasteiger partial charge on any atom is -0.348 e. The summed E-state index contributed by atoms with van der Waals surface area (Å²) in [5.74, 6) is -0.400. The molecule has 1 rings (SSSR count). The molecule has 5 nitrogen and oxygen atoms in total. The van der Waals surface area contributed by atoms with Crippen molar-refractivity contribution in [3.05, 3.63) is 0 Å². The van der Waals surface area contributed by atoms with Gasteiger partial charge in [-0.1, -0.05) is 0 Å². The Hall–Kier alpha value is -0.620. The minimum atomic E-state index is -3.22. The third-order valence-corrected chi connectivity index (χ3v) is 3.86. The smallest absolute Gasteiger partial charge is 0.237 e. The van der Waals surface area contributed by atoms with Crippen LogP contribution in [-0.4, -0.2) is 57.9 Å². The molecular weight excluding hydrogens is 204 g/mol. The van der Waals surface area contributed by atoms with Gasteiger partial charge in [-0.25, -0.2) is 8.42 Å². The fourth-order valence-corrected chi connectivity index (χ4v) is 2.91. The lowest BCUT2D eigenvalue weighted by atomic mass is 10.1. The van der Waals surface area contributed by atoms with Crippen LogP contribution in [0.4, 0.5) is 0 Å². The standard InChI is InChI=1S/C8H16N2O3S/c1-10(2)8(11)6-14(12,13)5-7-3-9-4-7/h7,9H,3-6H2,1-2H3. The Morgan fingerprint density at radius 1 is 1.43 bits per heavy atom. The third-order valence-electron chi connectivity index (χ3n) is 2.20. The van der Waals surface area contributed by atoms with Gasteiger partial charge in [0.15, 0.2) is 9.84 Å². The van der Waals surface area contributed by atoms with E-state index in [4.69, 9.17) is 0 Å². The molecule has 0 radical (unpaired) electrons. The largest absolute Gasteiger partial charge is 0.348 e. The summed E-state index contributed by atoms with van der Waals surface area (Å²) in [6.45, 7) is 1.49. The zero-order chi connectivity index (χ0) is 10.8. The number of sulfone groups is 1. The molecule has 0 bridgehead atoms. The second-order valence-electron chi connectivity index (χ2n) is 3.87. The molecule has 1 amide bonds. The zero-order valence-electron chi connectivity index (χ0n) is 8.49. The van der Waals surface area contributed by atoms with Crippen LogP contribution in [-0.2, 0) is 14.6 Å². The van der Waals surface area contributed by atoms with Crippen LogP contribution in [0.15, 0.2) is 0 Å². The van der Waals surface area contributed by atoms with E-state index in [1.54, 1.807) is 14.1 Å². The monoisotopic (exact) mass is 220 g/mol. The highest BCUT2D eigenvalue weighted by Crippen LogP contribution is 2.07. The van der Waals surface area contributed by atoms with Gasteiger partial charge >= 0.3 is 0 Å². The molecular formula is C8H16N2O3S. The van der Waals surface area contributed by atoms with E-state index in [-0.39, 0.29) is 23.3 Å². The van der Waals surface area contributed by atoms with Gasteiger partial charge < -0.3 is 10.2 Å². The maximum atomic E-state index is 11.5. The first kappa shape index (κ1) is 11.5. The lowest BCUT2D eigenvalue weighted by Crippen LogP contribution is -2.46. The average molecular weight is 220 g/mol. The molecule has 1 aliphatic heterocycles. The predicted octanol–water partition coefficient (Wildman–Crippen LogP) is -1.29. The van der Waals surface area contributed by atoms with Crippen LogP contribution in [0.3, 0.4) is 0 Å². The normalized spacial score (nSPS) is 17.6. The number of nitrogens with one attached hydrogen (secondary N) is 1. The maximum Gasteiger partial charge on any atom is 0.237 e. The Morgan fingerprint density at radius 3 is 2.36 bits per heavy atom. The lowest BCUT2D eigenvalue weighted by Gasteiger charge is -2.26. The summed E-state index contributed by atoms with van der Waals surface area (Å²) in [5.41, 5.74) is 0. The molecule has 0 unspecified atom stereocenters. The van der Waals surface area contributed by atoms with E-state index in [1.807, 2.05) is 0 Å². The fourth-order valence-electron chi connectivity index (χ4n) is 1.20. The second kappa shape index (κ2) is 4.27. The molecule has 0 aliphatic carbocycles. The topological polar surface area (TPSA) is 66.5 Å². The number of hydrogen-bond donors (Lipinski definition) is 1. The first-order valence-electron chi connectivity index (χ1n) is 4.52. The Morgan fingerprint density at radius 2 is 2.00 bits per heavy atom. The van der Waals surface area contributed by atoms with Crippen LogP contribution in [0.1, 0.15) is 0 Å². The van der Waals surface area contributed by atoms with Gasteiger partial charge in [0.1, 0.15) is 5.75 Å². The van der Waals surface area contributed by atoms with Gasteiger partial charge in [0.2, 0.25) is 5.91 Å². The number of carbonyl (C=O) groups excluding carboxylic acids is 1. The molecule has 1 aliphatic rings. The first-order valence-corrected chi connectivity index (χ1v) is 6.34. The molecule has 0 aromatic carbocycles. The van der Waals surface area contributed by atoms with Crippen molar-refractivity contribution in [1.29, 1.82) is 0 Å². The van der Waals surface area contributed by atoms with Crippen LogP contribution >= 0.6 is 0 Å². The molecule has 1 heterocycles. The maximum absolute atomic E-state index is 11.5. The van der Waals surface area contributed by atoms with Crippen molar-refractivity contribution in [3.63, 3.8) is 0 Å². The van der Waals surface area contributed by atoms with E-state index >= 15 is 0 Å². The minimum absolute atomic E-state index is 0.125. The molecule has 14 heavy (non-hydrogen) atoms. The van der Waals surface area contributed by atoms with Crippen LogP contribution in [0.5, 0.6) is 0 Å². The number of hydrogen-bond acceptors (Lipinski definition) is 4. The summed E-state index contributed by atoms with van der Waals surface area (Å²) in [7, 11) is -0.101. The van der Waals surface area contributed by atoms with Gasteiger partial charge in [-0.2, -0.15) is 0 Å². The van der Waals surface area contributed by atoms with Gasteiger partial charge in [-0.15, -0.1) is 0 Å². The van der Waals surface area contributed by atoms with Crippen molar-refractivity contribution >= 4 is 15.7 Å². The summed E-state index contributed by atoms with van der Waals surface area (Å²) in [6, 6.07) is 0. The molecule has 1 saturated heterocycles. The highest BCUT2D eigenvalue weighted by atomic mass is 32.2. The Balaban J connectivity index is 2.44. The van der Waals surface area contributed by atoms with E-state index in [1.165, 1.54) is 4.90 Å². The Bertz CT molecular complexity index is 307. The highest BCUT2D eigenvalue weighted by molar-refractivity contribution is 7.92. The van der Waals surface area contributed by atoms with Gasteiger partial charge in [0, 0.05) is 27.2 Å². The molecule has 6 heteroatoms. The van der Waals surface area contributed by atoms with Crippen molar-refractivity contribution in [3.8, 4) is 0 Å². The molecule has 0 aromatic rings. The quantitative estimate of drug-likeness (QED) is 0.640. The SMILES string of the molecule is CN(C)C(=O)CS(=O)(=O)CC1CNC1. The Labute approximate surface area is 84.4 Å². The summed E-state index contributed by atoms with van der Waals surface area (Å²) >= 11 is 0. The van der Waals surface area contributed by atoms with Crippen LogP contribution in [0, 0.1) is 5.92 Å². The van der Waals surface area contributed by atoms with Crippen LogP contribution in [0.25, 0.3) is 0 Å². The molecule has 0 aromatic heterocycles. The summed E-state index contributed by atoms with van der Waals surface area (Å²) in [5, 5.41) is 3.00. The number of carbonyl (C=O) groups is 1. The van der Waals surface area contributed by atoms with Crippen molar-refractivity contribution in [2.24, 2.45) is 5.92 Å². The predicted molar refractivity (Wildman–Crippen MR) is 53.7 cm³/mol. The Kier molecular flexibility index (Phi) is 3.49. The van der Waals surface area contributed by atoms with Crippen molar-refractivity contribution in [2.45, 2.75) is 0 Å². The van der Waals surface area contributed by atoms with E-state index in [0.29, 0.717) is 0 Å². The summed E-state index contributed by atoms with van der Waals surface area (Å²) < 4.78 is 22.9. The van der Waals surface area contributed by atoms with Crippen molar-refractivity contribution in [2.75, 3.05) is 38.7 Å². The number of nitrogens with zero attached hydrogens (tertiary/aromatic N) is 1. The summed E-state index contributed by atoms with van der Waals surface area (Å²) in [6.07, 6.45) is 0. The average Bonchev–Trinajstić information content (AvgIpc) is 1.96. The fraction of sp³-hybridized carbons (Fsp3) is 0.875. The van der Waals surface area contributed by atoms with Gasteiger partial charge in [0.25, 0.3) is 0 Å². The van der Waals surface area contributed by atoms with Crippen LogP contribution < -0.4 is 5.32 Å². The molecule has 0 saturated carbocycles.